The number of hydrogen-bond acceptors (Lipinski definition) is 8. The first-order valence-corrected chi connectivity index (χ1v) is 16.2. The number of aliphatic carboxylic acids is 1. The van der Waals surface area contributed by atoms with Crippen molar-refractivity contribution in [2.45, 2.75) is 104 Å². The van der Waals surface area contributed by atoms with Crippen molar-refractivity contribution in [3.8, 4) is 17.2 Å². The fourth-order valence-corrected chi connectivity index (χ4v) is 6.38. The number of carbonyl (C=O) groups is 3. The molecule has 0 aromatic heterocycles. The summed E-state index contributed by atoms with van der Waals surface area (Å²) in [6, 6.07) is 0. The Kier molecular flexibility index (Phi) is 10.7. The summed E-state index contributed by atoms with van der Waals surface area (Å²) in [4.78, 5) is 37.6. The zero-order chi connectivity index (χ0) is 34.8. The number of phenolic OH excluding ortho intramolecular Hbond substituents is 1. The molecule has 2 aliphatic heterocycles. The van der Waals surface area contributed by atoms with Crippen molar-refractivity contribution in [1.82, 2.24) is 0 Å². The number of fused-ring (bicyclic) bond motifs is 3. The van der Waals surface area contributed by atoms with Crippen molar-refractivity contribution >= 4 is 24.1 Å². The van der Waals surface area contributed by atoms with Crippen LogP contribution in [0, 0.1) is 11.8 Å². The van der Waals surface area contributed by atoms with E-state index in [1.54, 1.807) is 25.2 Å². The number of ketones is 1. The highest BCUT2D eigenvalue weighted by molar-refractivity contribution is 6.15. The second kappa shape index (κ2) is 14.0. The van der Waals surface area contributed by atoms with Gasteiger partial charge < -0.3 is 34.3 Å². The first-order valence-electron chi connectivity index (χ1n) is 16.2. The Labute approximate surface area is 277 Å². The third-order valence-electron chi connectivity index (χ3n) is 9.42. The molecule has 5 atom stereocenters. The number of phenols is 1. The van der Waals surface area contributed by atoms with E-state index in [2.05, 4.69) is 6.58 Å². The van der Waals surface area contributed by atoms with Crippen molar-refractivity contribution in [3.05, 3.63) is 69.9 Å². The molecule has 1 aromatic rings. The Hall–Kier alpha value is -3.95. The quantitative estimate of drug-likeness (QED) is 0.0922. The molecule has 0 radical (unpaired) electrons. The predicted molar refractivity (Wildman–Crippen MR) is 180 cm³/mol. The number of hydrogen-bond donors (Lipinski definition) is 3. The zero-order valence-electron chi connectivity index (χ0n) is 28.5. The van der Waals surface area contributed by atoms with Gasteiger partial charge in [-0.25, -0.2) is 4.79 Å². The van der Waals surface area contributed by atoms with E-state index in [4.69, 9.17) is 14.2 Å². The molecule has 4 rings (SSSR count). The summed E-state index contributed by atoms with van der Waals surface area (Å²) in [5.74, 6) is -1.97. The lowest BCUT2D eigenvalue weighted by molar-refractivity contribution is -0.132. The number of carboxylic acids is 1. The maximum atomic E-state index is 14.3. The van der Waals surface area contributed by atoms with Gasteiger partial charge in [-0.1, -0.05) is 36.0 Å². The summed E-state index contributed by atoms with van der Waals surface area (Å²) in [6.07, 6.45) is 10.2. The van der Waals surface area contributed by atoms with Crippen LogP contribution in [0.4, 0.5) is 0 Å². The maximum absolute atomic E-state index is 14.3. The van der Waals surface area contributed by atoms with E-state index in [1.165, 1.54) is 6.92 Å². The molecule has 0 fully saturated rings. The first kappa shape index (κ1) is 35.9. The van der Waals surface area contributed by atoms with E-state index >= 15 is 0 Å². The Morgan fingerprint density at radius 2 is 1.91 bits per heavy atom. The predicted octanol–water partition coefficient (Wildman–Crippen LogP) is 6.70. The van der Waals surface area contributed by atoms with E-state index in [0.29, 0.717) is 60.1 Å². The van der Waals surface area contributed by atoms with Gasteiger partial charge in [-0.2, -0.15) is 0 Å². The van der Waals surface area contributed by atoms with Crippen LogP contribution in [0.5, 0.6) is 17.2 Å². The largest absolute Gasteiger partial charge is 0.506 e. The van der Waals surface area contributed by atoms with Gasteiger partial charge in [0.15, 0.2) is 5.78 Å². The van der Waals surface area contributed by atoms with Crippen LogP contribution >= 0.6 is 0 Å². The smallest absolute Gasteiger partial charge is 0.330 e. The van der Waals surface area contributed by atoms with Crippen LogP contribution in [0.15, 0.2) is 53.2 Å². The molecule has 0 saturated heterocycles. The van der Waals surface area contributed by atoms with Gasteiger partial charge in [0, 0.05) is 28.5 Å². The summed E-state index contributed by atoms with van der Waals surface area (Å²) in [5, 5.41) is 31.2. The number of benzene rings is 1. The summed E-state index contributed by atoms with van der Waals surface area (Å²) in [7, 11) is 0. The lowest BCUT2D eigenvalue weighted by Crippen LogP contribution is -2.51. The minimum Gasteiger partial charge on any atom is -0.506 e. The Morgan fingerprint density at radius 1 is 1.21 bits per heavy atom. The van der Waals surface area contributed by atoms with Gasteiger partial charge in [0.2, 0.25) is 0 Å². The fraction of sp³-hybridized carbons (Fsp3) is 0.500. The van der Waals surface area contributed by atoms with Gasteiger partial charge in [-0.3, -0.25) is 4.79 Å². The van der Waals surface area contributed by atoms with Crippen molar-refractivity contribution < 1.29 is 43.9 Å². The van der Waals surface area contributed by atoms with E-state index in [9.17, 15) is 29.7 Å². The number of aliphatic hydroxyl groups is 1. The van der Waals surface area contributed by atoms with E-state index in [0.717, 1.165) is 11.9 Å². The Balaban J connectivity index is 1.78. The highest BCUT2D eigenvalue weighted by atomic mass is 16.5. The second-order valence-corrected chi connectivity index (χ2v) is 14.0. The number of rotatable bonds is 13. The second-order valence-electron chi connectivity index (χ2n) is 14.0. The molecule has 1 aliphatic carbocycles. The molecule has 0 spiro atoms. The van der Waals surface area contributed by atoms with Crippen LogP contribution in [-0.4, -0.2) is 63.4 Å². The summed E-state index contributed by atoms with van der Waals surface area (Å²) >= 11 is 0. The van der Waals surface area contributed by atoms with Crippen molar-refractivity contribution in [2.24, 2.45) is 11.8 Å². The summed E-state index contributed by atoms with van der Waals surface area (Å²) < 4.78 is 19.7. The topological polar surface area (TPSA) is 140 Å². The molecule has 3 N–H and O–H groups in total. The van der Waals surface area contributed by atoms with Crippen LogP contribution in [-0.2, 0) is 20.7 Å². The molecule has 9 nitrogen and oxygen atoms in total. The summed E-state index contributed by atoms with van der Waals surface area (Å²) in [5.41, 5.74) is 1.60. The summed E-state index contributed by atoms with van der Waals surface area (Å²) in [6.45, 7) is 17.0. The van der Waals surface area contributed by atoms with Gasteiger partial charge >= 0.3 is 5.97 Å². The minimum atomic E-state index is -0.994. The molecule has 9 heteroatoms. The molecule has 254 valence electrons. The lowest BCUT2D eigenvalue weighted by Gasteiger charge is -2.45. The third-order valence-corrected chi connectivity index (χ3v) is 9.42. The molecule has 0 amide bonds. The van der Waals surface area contributed by atoms with Crippen LogP contribution in [0.25, 0.3) is 6.08 Å². The average molecular weight is 649 g/mol. The van der Waals surface area contributed by atoms with Crippen molar-refractivity contribution in [1.29, 1.82) is 0 Å². The molecule has 0 saturated carbocycles. The van der Waals surface area contributed by atoms with E-state index < -0.39 is 47.0 Å². The number of carbonyl (C=O) groups excluding carboxylic acids is 2. The van der Waals surface area contributed by atoms with Crippen molar-refractivity contribution in [2.75, 3.05) is 6.61 Å². The van der Waals surface area contributed by atoms with E-state index in [1.807, 2.05) is 46.8 Å². The molecule has 3 aliphatic rings. The number of Topliss-reactive ketones (excluding diaryl/α,β-unsaturated/α-hetero) is 1. The van der Waals surface area contributed by atoms with Crippen molar-refractivity contribution in [3.63, 3.8) is 0 Å². The Bertz CT molecular complexity index is 1570. The first-order chi connectivity index (χ1) is 22.0. The molecule has 2 heterocycles. The number of allylic oxidation sites excluding steroid dienone is 3. The number of aldehydes is 1. The van der Waals surface area contributed by atoms with Gasteiger partial charge in [0.1, 0.15) is 40.8 Å². The van der Waals surface area contributed by atoms with Crippen LogP contribution in [0.1, 0.15) is 95.6 Å². The number of aromatic hydroxyl groups is 1. The maximum Gasteiger partial charge on any atom is 0.330 e. The molecule has 47 heavy (non-hydrogen) atoms. The highest BCUT2D eigenvalue weighted by Gasteiger charge is 2.50. The molecular formula is C38H48O9. The molecule has 1 aromatic carbocycles. The minimum absolute atomic E-state index is 0.0382. The number of ether oxygens (including phenoxy) is 3. The van der Waals surface area contributed by atoms with E-state index in [-0.39, 0.29) is 29.2 Å². The van der Waals surface area contributed by atoms with Gasteiger partial charge in [-0.05, 0) is 92.7 Å². The molecular weight excluding hydrogens is 600 g/mol. The van der Waals surface area contributed by atoms with Gasteiger partial charge in [0.25, 0.3) is 0 Å². The van der Waals surface area contributed by atoms with Crippen LogP contribution < -0.4 is 9.47 Å². The normalized spacial score (nSPS) is 24.1. The standard InChI is InChI=1S/C38H48O9/c1-21(2)11-12-26-33-25(13-15-38(8,47-33)16-14-29(40)22(3)4)31(41)30-32(42)27-18-24(20-39)19-28(34(27)46-35(26)30)37(6,7)45-17-9-10-23(5)36(43)44/h10-11,13,15,18,20,24,28-29,34,40-41H,3,9,12,14,16-17,19H2,1-2,4-8H3,(H,43,44)/b23-10-/t24?,28-,29?,34?,38-/m0/s1. The van der Waals surface area contributed by atoms with Gasteiger partial charge in [-0.15, -0.1) is 0 Å². The number of aliphatic hydroxyl groups excluding tert-OH is 1. The lowest BCUT2D eigenvalue weighted by atomic mass is 9.70. The monoisotopic (exact) mass is 648 g/mol. The van der Waals surface area contributed by atoms with Crippen LogP contribution in [0.2, 0.25) is 0 Å². The average Bonchev–Trinajstić information content (AvgIpc) is 3.00. The third kappa shape index (κ3) is 7.63. The van der Waals surface area contributed by atoms with Crippen LogP contribution in [0.3, 0.4) is 0 Å². The zero-order valence-corrected chi connectivity index (χ0v) is 28.5. The van der Waals surface area contributed by atoms with Gasteiger partial charge in [0.05, 0.1) is 23.9 Å². The fourth-order valence-electron chi connectivity index (χ4n) is 6.38. The highest BCUT2D eigenvalue weighted by Crippen LogP contribution is 2.53. The Morgan fingerprint density at radius 3 is 2.53 bits per heavy atom. The molecule has 3 unspecified atom stereocenters. The molecule has 0 bridgehead atoms. The SMILES string of the molecule is C=C(C)C(O)CC[C@]1(C)C=Cc2c(O)c3c(c(CC=C(C)C)c2O1)OC1C(=CC(C=O)C[C@@H]1C(C)(C)OCC/C=C(/C)C(=O)O)C3=O. The number of carboxylic acid groups (broad SMARTS) is 1.